The van der Waals surface area contributed by atoms with Gasteiger partial charge in [-0.05, 0) is 56.2 Å². The smallest absolute Gasteiger partial charge is 0.326 e. The van der Waals surface area contributed by atoms with Crippen molar-refractivity contribution in [3.63, 3.8) is 0 Å². The number of carbonyl (C=O) groups is 3. The average Bonchev–Trinajstić information content (AvgIpc) is 2.70. The summed E-state index contributed by atoms with van der Waals surface area (Å²) in [6.45, 7) is 5.26. The largest absolute Gasteiger partial charge is 0.484 e. The zero-order valence-electron chi connectivity index (χ0n) is 16.8. The number of fused-ring (bicyclic) bond motifs is 1. The minimum atomic E-state index is -0.489. The van der Waals surface area contributed by atoms with Crippen LogP contribution in [0.15, 0.2) is 42.5 Å². The zero-order valence-corrected chi connectivity index (χ0v) is 16.8. The van der Waals surface area contributed by atoms with E-state index in [-0.39, 0.29) is 38.1 Å². The van der Waals surface area contributed by atoms with Gasteiger partial charge in [0.25, 0.3) is 5.91 Å². The molecule has 2 aromatic carbocycles. The third kappa shape index (κ3) is 4.56. The van der Waals surface area contributed by atoms with Gasteiger partial charge in [0.15, 0.2) is 6.61 Å². The van der Waals surface area contributed by atoms with Crippen LogP contribution in [0.5, 0.6) is 5.75 Å². The van der Waals surface area contributed by atoms with Crippen molar-refractivity contribution < 1.29 is 23.9 Å². The maximum atomic E-state index is 12.8. The monoisotopic (exact) mass is 396 g/mol. The second-order valence-electron chi connectivity index (χ2n) is 6.79. The van der Waals surface area contributed by atoms with Crippen molar-refractivity contribution in [1.82, 2.24) is 0 Å². The van der Waals surface area contributed by atoms with Gasteiger partial charge in [-0.2, -0.15) is 0 Å². The molecule has 0 N–H and O–H groups in total. The van der Waals surface area contributed by atoms with Gasteiger partial charge in [-0.25, -0.2) is 0 Å². The molecule has 0 atom stereocenters. The van der Waals surface area contributed by atoms with E-state index in [1.807, 2.05) is 44.2 Å². The molecule has 0 aliphatic carbocycles. The molecule has 1 heterocycles. The molecular formula is C22H24N2O5. The summed E-state index contributed by atoms with van der Waals surface area (Å²) in [6, 6.07) is 12.7. The number of carbonyl (C=O) groups excluding carboxylic acids is 3. The fourth-order valence-corrected chi connectivity index (χ4v) is 3.13. The molecule has 0 fully saturated rings. The van der Waals surface area contributed by atoms with Crippen molar-refractivity contribution in [3.8, 4) is 5.75 Å². The van der Waals surface area contributed by atoms with Crippen LogP contribution in [0.1, 0.15) is 18.1 Å². The molecule has 3 rings (SSSR count). The van der Waals surface area contributed by atoms with Crippen molar-refractivity contribution >= 4 is 29.2 Å². The summed E-state index contributed by atoms with van der Waals surface area (Å²) in [5.41, 5.74) is 3.04. The summed E-state index contributed by atoms with van der Waals surface area (Å²) in [7, 11) is 0. The van der Waals surface area contributed by atoms with E-state index in [1.165, 1.54) is 9.80 Å². The zero-order chi connectivity index (χ0) is 21.0. The minimum Gasteiger partial charge on any atom is -0.484 e. The quantitative estimate of drug-likeness (QED) is 0.702. The van der Waals surface area contributed by atoms with Gasteiger partial charge in [0.2, 0.25) is 5.91 Å². The molecule has 29 heavy (non-hydrogen) atoms. The van der Waals surface area contributed by atoms with Gasteiger partial charge in [0.05, 0.1) is 18.0 Å². The third-order valence-corrected chi connectivity index (χ3v) is 4.77. The van der Waals surface area contributed by atoms with E-state index in [0.717, 1.165) is 11.1 Å². The average molecular weight is 396 g/mol. The van der Waals surface area contributed by atoms with Crippen molar-refractivity contribution in [2.45, 2.75) is 20.8 Å². The van der Waals surface area contributed by atoms with Gasteiger partial charge in [0, 0.05) is 0 Å². The van der Waals surface area contributed by atoms with Crippen molar-refractivity contribution in [2.75, 3.05) is 36.1 Å². The van der Waals surface area contributed by atoms with E-state index in [2.05, 4.69) is 0 Å². The number of benzene rings is 2. The van der Waals surface area contributed by atoms with Gasteiger partial charge < -0.3 is 9.47 Å². The highest BCUT2D eigenvalue weighted by Gasteiger charge is 2.34. The third-order valence-electron chi connectivity index (χ3n) is 4.77. The number of amides is 2. The van der Waals surface area contributed by atoms with Gasteiger partial charge >= 0.3 is 5.97 Å². The summed E-state index contributed by atoms with van der Waals surface area (Å²) >= 11 is 0. The van der Waals surface area contributed by atoms with Gasteiger partial charge in [-0.1, -0.05) is 18.2 Å². The van der Waals surface area contributed by atoms with Crippen molar-refractivity contribution in [3.05, 3.63) is 53.6 Å². The first kappa shape index (κ1) is 20.4. The number of nitrogens with zero attached hydrogens (tertiary/aromatic N) is 2. The number of rotatable bonds is 6. The summed E-state index contributed by atoms with van der Waals surface area (Å²) in [5, 5.41) is 0. The number of aryl methyl sites for hydroxylation is 2. The Morgan fingerprint density at radius 2 is 1.69 bits per heavy atom. The van der Waals surface area contributed by atoms with E-state index < -0.39 is 5.97 Å². The highest BCUT2D eigenvalue weighted by molar-refractivity contribution is 6.13. The van der Waals surface area contributed by atoms with Gasteiger partial charge in [-0.15, -0.1) is 0 Å². The summed E-state index contributed by atoms with van der Waals surface area (Å²) < 4.78 is 10.5. The second-order valence-corrected chi connectivity index (χ2v) is 6.79. The Bertz CT molecular complexity index is 926. The molecule has 0 aromatic heterocycles. The molecule has 7 heteroatoms. The van der Waals surface area contributed by atoms with Crippen LogP contribution in [0.25, 0.3) is 0 Å². The van der Waals surface area contributed by atoms with Crippen LogP contribution in [0.4, 0.5) is 11.4 Å². The first-order valence-electron chi connectivity index (χ1n) is 9.46. The Morgan fingerprint density at radius 3 is 2.34 bits per heavy atom. The predicted octanol–water partition coefficient (Wildman–Crippen LogP) is 2.63. The fraction of sp³-hybridized carbons (Fsp3) is 0.318. The lowest BCUT2D eigenvalue weighted by atomic mass is 10.0. The van der Waals surface area contributed by atoms with Crippen LogP contribution in [0, 0.1) is 13.8 Å². The molecule has 0 radical (unpaired) electrons. The molecule has 7 nitrogen and oxygen atoms in total. The van der Waals surface area contributed by atoms with Gasteiger partial charge in [0.1, 0.15) is 18.8 Å². The Balaban J connectivity index is 1.87. The molecule has 1 aliphatic rings. The Kier molecular flexibility index (Phi) is 6.16. The Morgan fingerprint density at radius 1 is 1.03 bits per heavy atom. The SMILES string of the molecule is CCOC(=O)CN1C(=O)CN(C(=O)COc2ccccc2)c2cc(C)c(C)cc21. The number of hydrogen-bond acceptors (Lipinski definition) is 5. The summed E-state index contributed by atoms with van der Waals surface area (Å²) in [6.07, 6.45) is 0. The molecule has 152 valence electrons. The van der Waals surface area contributed by atoms with Crippen LogP contribution < -0.4 is 14.5 Å². The number of anilines is 2. The molecule has 0 saturated heterocycles. The van der Waals surface area contributed by atoms with Crippen molar-refractivity contribution in [2.24, 2.45) is 0 Å². The second kappa shape index (κ2) is 8.77. The van der Waals surface area contributed by atoms with Crippen LogP contribution in [-0.2, 0) is 19.1 Å². The maximum Gasteiger partial charge on any atom is 0.326 e. The molecule has 2 aromatic rings. The lowest BCUT2D eigenvalue weighted by Gasteiger charge is -2.36. The van der Waals surface area contributed by atoms with E-state index in [4.69, 9.17) is 9.47 Å². The van der Waals surface area contributed by atoms with E-state index >= 15 is 0 Å². The molecular weight excluding hydrogens is 372 g/mol. The van der Waals surface area contributed by atoms with Crippen LogP contribution >= 0.6 is 0 Å². The normalized spacial score (nSPS) is 13.1. The molecule has 0 saturated carbocycles. The minimum absolute atomic E-state index is 0.161. The standard InChI is InChI=1S/C22H24N2O5/c1-4-28-22(27)13-24-19-11-16(3)15(2)10-18(19)23(12-20(24)25)21(26)14-29-17-8-6-5-7-9-17/h5-11H,4,12-14H2,1-3H3. The molecule has 2 amide bonds. The molecule has 0 unspecified atom stereocenters. The lowest BCUT2D eigenvalue weighted by molar-refractivity contribution is -0.142. The van der Waals surface area contributed by atoms with Crippen molar-refractivity contribution in [1.29, 1.82) is 0 Å². The van der Waals surface area contributed by atoms with E-state index in [1.54, 1.807) is 19.1 Å². The lowest BCUT2D eigenvalue weighted by Crippen LogP contribution is -2.51. The van der Waals surface area contributed by atoms with Gasteiger partial charge in [-0.3, -0.25) is 24.2 Å². The Labute approximate surface area is 169 Å². The predicted molar refractivity (Wildman–Crippen MR) is 109 cm³/mol. The number of ether oxygens (including phenoxy) is 2. The van der Waals surface area contributed by atoms with Crippen LogP contribution in [0.2, 0.25) is 0 Å². The number of esters is 1. The van der Waals surface area contributed by atoms with Crippen LogP contribution in [0.3, 0.4) is 0 Å². The molecule has 1 aliphatic heterocycles. The number of para-hydroxylation sites is 1. The topological polar surface area (TPSA) is 76.2 Å². The molecule has 0 bridgehead atoms. The highest BCUT2D eigenvalue weighted by Crippen LogP contribution is 2.36. The molecule has 0 spiro atoms. The highest BCUT2D eigenvalue weighted by atomic mass is 16.5. The first-order chi connectivity index (χ1) is 13.9. The van der Waals surface area contributed by atoms with Crippen LogP contribution in [-0.4, -0.2) is 44.1 Å². The summed E-state index contributed by atoms with van der Waals surface area (Å²) in [4.78, 5) is 40.4. The maximum absolute atomic E-state index is 12.8. The first-order valence-corrected chi connectivity index (χ1v) is 9.46. The fourth-order valence-electron chi connectivity index (χ4n) is 3.13. The Hall–Kier alpha value is -3.35. The summed E-state index contributed by atoms with van der Waals surface area (Å²) in [5.74, 6) is -0.588. The van der Waals surface area contributed by atoms with E-state index in [0.29, 0.717) is 17.1 Å². The number of hydrogen-bond donors (Lipinski definition) is 0. The van der Waals surface area contributed by atoms with E-state index in [9.17, 15) is 14.4 Å².